The third-order valence-corrected chi connectivity index (χ3v) is 2.03. The van der Waals surface area contributed by atoms with E-state index >= 15 is 0 Å². The summed E-state index contributed by atoms with van der Waals surface area (Å²) in [6.07, 6.45) is 0.661. The summed E-state index contributed by atoms with van der Waals surface area (Å²) in [6, 6.07) is 4.28. The van der Waals surface area contributed by atoms with Crippen LogP contribution in [-0.4, -0.2) is 30.9 Å². The maximum absolute atomic E-state index is 11.3. The summed E-state index contributed by atoms with van der Waals surface area (Å²) >= 11 is 0. The lowest BCUT2D eigenvalue weighted by Crippen LogP contribution is -2.16. The molecule has 0 aromatic heterocycles. The van der Waals surface area contributed by atoms with Gasteiger partial charge < -0.3 is 14.6 Å². The maximum atomic E-state index is 11.3. The summed E-state index contributed by atoms with van der Waals surface area (Å²) in [5.41, 5.74) is 0.0577. The highest BCUT2D eigenvalue weighted by Gasteiger charge is 2.14. The Kier molecular flexibility index (Phi) is 4.74. The van der Waals surface area contributed by atoms with Crippen molar-refractivity contribution in [3.63, 3.8) is 0 Å². The molecular weight excluding hydrogens is 238 g/mol. The molecule has 0 saturated heterocycles. The van der Waals surface area contributed by atoms with Crippen LogP contribution in [0.5, 0.6) is 5.75 Å². The molecular formula is C12H13NO5. The molecule has 0 bridgehead atoms. The molecule has 96 valence electrons. The number of benzene rings is 1. The Bertz CT molecular complexity index is 470. The Morgan fingerprint density at radius 3 is 2.78 bits per heavy atom. The van der Waals surface area contributed by atoms with Crippen LogP contribution in [0, 0.1) is 0 Å². The Morgan fingerprint density at radius 2 is 2.22 bits per heavy atom. The molecule has 0 heterocycles. The number of carbonyl (C=O) groups excluding carboxylic acids is 1. The second-order valence-electron chi connectivity index (χ2n) is 3.23. The molecule has 0 aliphatic rings. The van der Waals surface area contributed by atoms with Crippen LogP contribution in [0.2, 0.25) is 0 Å². The molecule has 18 heavy (non-hydrogen) atoms. The number of aromatic carboxylic acids is 1. The molecule has 6 nitrogen and oxygen atoms in total. The number of methoxy groups -OCH3 is 1. The molecule has 0 spiro atoms. The molecule has 0 unspecified atom stereocenters. The molecule has 0 radical (unpaired) electrons. The summed E-state index contributed by atoms with van der Waals surface area (Å²) in [4.78, 5) is 22.3. The number of carboxylic acid groups (broad SMARTS) is 1. The number of amides is 1. The molecule has 0 fully saturated rings. The van der Waals surface area contributed by atoms with Crippen molar-refractivity contribution in [1.82, 2.24) is 0 Å². The van der Waals surface area contributed by atoms with Gasteiger partial charge in [0.1, 0.15) is 12.4 Å². The third kappa shape index (κ3) is 3.51. The number of carbonyl (C=O) groups is 2. The molecule has 1 aromatic carbocycles. The first-order valence-corrected chi connectivity index (χ1v) is 5.04. The zero-order valence-corrected chi connectivity index (χ0v) is 9.80. The largest absolute Gasteiger partial charge is 0.497 e. The number of carboxylic acids is 1. The molecule has 1 rings (SSSR count). The van der Waals surface area contributed by atoms with Crippen molar-refractivity contribution in [1.29, 1.82) is 0 Å². The monoisotopic (exact) mass is 251 g/mol. The van der Waals surface area contributed by atoms with Gasteiger partial charge in [-0.15, -0.1) is 0 Å². The van der Waals surface area contributed by atoms with E-state index in [-0.39, 0.29) is 17.9 Å². The first-order valence-electron chi connectivity index (χ1n) is 5.04. The van der Waals surface area contributed by atoms with Crippen molar-refractivity contribution in [2.75, 3.05) is 19.0 Å². The van der Waals surface area contributed by atoms with Gasteiger partial charge in [0, 0.05) is 0 Å². The van der Waals surface area contributed by atoms with Crippen molar-refractivity contribution < 1.29 is 24.2 Å². The van der Waals surface area contributed by atoms with E-state index in [1.54, 1.807) is 0 Å². The molecule has 0 saturated carbocycles. The zero-order chi connectivity index (χ0) is 13.5. The zero-order valence-electron chi connectivity index (χ0n) is 9.80. The second-order valence-corrected chi connectivity index (χ2v) is 3.23. The standard InChI is InChI=1S/C12H13NO5/c1-3-6-18-12(16)13-10-5-4-8(17-2)7-9(10)11(14)15/h3-5,7H,1,6H2,2H3,(H,13,16)(H,14,15). The van der Waals surface area contributed by atoms with Gasteiger partial charge in [0.05, 0.1) is 18.4 Å². The first-order chi connectivity index (χ1) is 8.58. The predicted octanol–water partition coefficient (Wildman–Crippen LogP) is 2.13. The van der Waals surface area contributed by atoms with Gasteiger partial charge in [0.15, 0.2) is 0 Å². The highest BCUT2D eigenvalue weighted by molar-refractivity contribution is 5.99. The molecule has 1 amide bonds. The molecule has 0 aliphatic carbocycles. The van der Waals surface area contributed by atoms with E-state index in [1.807, 2.05) is 0 Å². The van der Waals surface area contributed by atoms with Gasteiger partial charge in [0.25, 0.3) is 0 Å². The number of hydrogen-bond donors (Lipinski definition) is 2. The summed E-state index contributed by atoms with van der Waals surface area (Å²) < 4.78 is 9.60. The molecule has 0 aliphatic heterocycles. The fourth-order valence-electron chi connectivity index (χ4n) is 1.22. The van der Waals surface area contributed by atoms with Gasteiger partial charge in [-0.3, -0.25) is 5.32 Å². The lowest BCUT2D eigenvalue weighted by Gasteiger charge is -2.09. The van der Waals surface area contributed by atoms with Gasteiger partial charge in [-0.25, -0.2) is 9.59 Å². The number of ether oxygens (including phenoxy) is 2. The summed E-state index contributed by atoms with van der Waals surface area (Å²) in [6.45, 7) is 3.44. The van der Waals surface area contributed by atoms with Gasteiger partial charge >= 0.3 is 12.1 Å². The SMILES string of the molecule is C=CCOC(=O)Nc1ccc(OC)cc1C(=O)O. The minimum Gasteiger partial charge on any atom is -0.497 e. The van der Waals surface area contributed by atoms with Crippen LogP contribution in [0.25, 0.3) is 0 Å². The minimum atomic E-state index is -1.17. The van der Waals surface area contributed by atoms with Gasteiger partial charge in [-0.2, -0.15) is 0 Å². The van der Waals surface area contributed by atoms with E-state index in [1.165, 1.54) is 31.4 Å². The normalized spacial score (nSPS) is 9.39. The topological polar surface area (TPSA) is 84.9 Å². The Balaban J connectivity index is 2.90. The average molecular weight is 251 g/mol. The van der Waals surface area contributed by atoms with E-state index in [2.05, 4.69) is 11.9 Å². The lowest BCUT2D eigenvalue weighted by molar-refractivity contribution is 0.0697. The Labute approximate surface area is 104 Å². The van der Waals surface area contributed by atoms with Crippen molar-refractivity contribution in [2.24, 2.45) is 0 Å². The van der Waals surface area contributed by atoms with Crippen LogP contribution in [-0.2, 0) is 4.74 Å². The van der Waals surface area contributed by atoms with E-state index in [0.29, 0.717) is 5.75 Å². The quantitative estimate of drug-likeness (QED) is 0.783. The first kappa shape index (κ1) is 13.6. The summed E-state index contributed by atoms with van der Waals surface area (Å²) in [5, 5.41) is 11.3. The van der Waals surface area contributed by atoms with Gasteiger partial charge in [-0.1, -0.05) is 12.7 Å². The lowest BCUT2D eigenvalue weighted by atomic mass is 10.1. The smallest absolute Gasteiger partial charge is 0.411 e. The fraction of sp³-hybridized carbons (Fsp3) is 0.167. The Morgan fingerprint density at radius 1 is 1.50 bits per heavy atom. The van der Waals surface area contributed by atoms with Gasteiger partial charge in [0.2, 0.25) is 0 Å². The van der Waals surface area contributed by atoms with Crippen LogP contribution >= 0.6 is 0 Å². The predicted molar refractivity (Wildman–Crippen MR) is 65.1 cm³/mol. The number of hydrogen-bond acceptors (Lipinski definition) is 4. The minimum absolute atomic E-state index is 0.0460. The van der Waals surface area contributed by atoms with Gasteiger partial charge in [-0.05, 0) is 18.2 Å². The third-order valence-electron chi connectivity index (χ3n) is 2.03. The second kappa shape index (κ2) is 6.29. The fourth-order valence-corrected chi connectivity index (χ4v) is 1.22. The number of nitrogens with one attached hydrogen (secondary N) is 1. The van der Waals surface area contributed by atoms with Crippen molar-refractivity contribution >= 4 is 17.7 Å². The van der Waals surface area contributed by atoms with E-state index < -0.39 is 12.1 Å². The summed E-state index contributed by atoms with van der Waals surface area (Å²) in [5.74, 6) is -0.787. The highest BCUT2D eigenvalue weighted by Crippen LogP contribution is 2.22. The molecule has 6 heteroatoms. The van der Waals surface area contributed by atoms with Crippen molar-refractivity contribution in [2.45, 2.75) is 0 Å². The Hall–Kier alpha value is -2.50. The number of anilines is 1. The molecule has 1 aromatic rings. The van der Waals surface area contributed by atoms with Crippen LogP contribution in [0.1, 0.15) is 10.4 Å². The van der Waals surface area contributed by atoms with E-state index in [4.69, 9.17) is 14.6 Å². The van der Waals surface area contributed by atoms with Crippen LogP contribution < -0.4 is 10.1 Å². The summed E-state index contributed by atoms with van der Waals surface area (Å²) in [7, 11) is 1.42. The van der Waals surface area contributed by atoms with E-state index in [0.717, 1.165) is 0 Å². The van der Waals surface area contributed by atoms with Crippen LogP contribution in [0.3, 0.4) is 0 Å². The highest BCUT2D eigenvalue weighted by atomic mass is 16.5. The van der Waals surface area contributed by atoms with Crippen molar-refractivity contribution in [3.05, 3.63) is 36.4 Å². The van der Waals surface area contributed by atoms with Crippen molar-refractivity contribution in [3.8, 4) is 5.75 Å². The van der Waals surface area contributed by atoms with E-state index in [9.17, 15) is 9.59 Å². The van der Waals surface area contributed by atoms with Crippen LogP contribution in [0.15, 0.2) is 30.9 Å². The van der Waals surface area contributed by atoms with Crippen LogP contribution in [0.4, 0.5) is 10.5 Å². The average Bonchev–Trinajstić information content (AvgIpc) is 2.36. The molecule has 0 atom stereocenters. The molecule has 2 N–H and O–H groups in total. The number of rotatable bonds is 5. The maximum Gasteiger partial charge on any atom is 0.411 e.